The van der Waals surface area contributed by atoms with E-state index in [-0.39, 0.29) is 12.5 Å². The zero-order valence-corrected chi connectivity index (χ0v) is 15.4. The number of hydrogen-bond acceptors (Lipinski definition) is 3. The first-order valence-corrected chi connectivity index (χ1v) is 9.37. The third-order valence-electron chi connectivity index (χ3n) is 3.47. The molecule has 1 amide bonds. The molecule has 120 valence electrons. The standard InChI is InChI=1S/C16H26BrNO2S/c1-3-4-5-6-7-9-18(10-8-11-19)16(20)14-12-13(2)15(17)21-14/h12,19H,3-11H2,1-2H3. The molecule has 1 heterocycles. The molecule has 21 heavy (non-hydrogen) atoms. The second kappa shape index (κ2) is 10.4. The van der Waals surface area contributed by atoms with Crippen LogP contribution in [0.2, 0.25) is 0 Å². The number of nitrogens with zero attached hydrogens (tertiary/aromatic N) is 1. The second-order valence-corrected chi connectivity index (χ2v) is 7.72. The van der Waals surface area contributed by atoms with Gasteiger partial charge in [0, 0.05) is 19.7 Å². The quantitative estimate of drug-likeness (QED) is 0.606. The summed E-state index contributed by atoms with van der Waals surface area (Å²) in [6.07, 6.45) is 6.60. The molecule has 0 saturated heterocycles. The zero-order chi connectivity index (χ0) is 15.7. The monoisotopic (exact) mass is 375 g/mol. The van der Waals surface area contributed by atoms with Crippen molar-refractivity contribution in [3.63, 3.8) is 0 Å². The Labute approximate surface area is 140 Å². The lowest BCUT2D eigenvalue weighted by molar-refractivity contribution is 0.0746. The Morgan fingerprint density at radius 2 is 1.90 bits per heavy atom. The van der Waals surface area contributed by atoms with Crippen LogP contribution in [-0.2, 0) is 0 Å². The van der Waals surface area contributed by atoms with Crippen LogP contribution in [0.15, 0.2) is 9.85 Å². The Hall–Kier alpha value is -0.390. The first-order chi connectivity index (χ1) is 10.1. The van der Waals surface area contributed by atoms with Gasteiger partial charge in [0.15, 0.2) is 0 Å². The zero-order valence-electron chi connectivity index (χ0n) is 13.0. The van der Waals surface area contributed by atoms with Crippen LogP contribution in [0, 0.1) is 6.92 Å². The lowest BCUT2D eigenvalue weighted by atomic mass is 10.1. The van der Waals surface area contributed by atoms with E-state index in [4.69, 9.17) is 5.11 Å². The molecule has 0 aromatic carbocycles. The molecule has 1 aromatic heterocycles. The molecule has 0 aliphatic carbocycles. The number of carbonyl (C=O) groups excluding carboxylic acids is 1. The van der Waals surface area contributed by atoms with Crippen molar-refractivity contribution >= 4 is 33.2 Å². The van der Waals surface area contributed by atoms with E-state index in [1.165, 1.54) is 37.0 Å². The smallest absolute Gasteiger partial charge is 0.263 e. The van der Waals surface area contributed by atoms with Gasteiger partial charge in [-0.2, -0.15) is 0 Å². The van der Waals surface area contributed by atoms with Gasteiger partial charge in [0.1, 0.15) is 0 Å². The van der Waals surface area contributed by atoms with Crippen LogP contribution in [-0.4, -0.2) is 35.6 Å². The first-order valence-electron chi connectivity index (χ1n) is 7.76. The largest absolute Gasteiger partial charge is 0.396 e. The van der Waals surface area contributed by atoms with Crippen molar-refractivity contribution in [3.05, 3.63) is 20.3 Å². The number of thiophene rings is 1. The molecule has 3 nitrogen and oxygen atoms in total. The molecule has 0 bridgehead atoms. The number of carbonyl (C=O) groups is 1. The fourth-order valence-corrected chi connectivity index (χ4v) is 3.71. The normalized spacial score (nSPS) is 10.9. The molecule has 0 fully saturated rings. The number of aliphatic hydroxyl groups is 1. The number of halogens is 1. The van der Waals surface area contributed by atoms with Crippen molar-refractivity contribution in [2.45, 2.75) is 52.4 Å². The molecule has 0 saturated carbocycles. The summed E-state index contributed by atoms with van der Waals surface area (Å²) in [5.74, 6) is 0.0951. The Balaban J connectivity index is 2.56. The van der Waals surface area contributed by atoms with Gasteiger partial charge in [-0.15, -0.1) is 11.3 Å². The Kier molecular flexibility index (Phi) is 9.20. The van der Waals surface area contributed by atoms with E-state index in [2.05, 4.69) is 22.9 Å². The average molecular weight is 376 g/mol. The lowest BCUT2D eigenvalue weighted by Gasteiger charge is -2.21. The van der Waals surface area contributed by atoms with E-state index in [0.717, 1.165) is 27.2 Å². The minimum Gasteiger partial charge on any atom is -0.396 e. The third-order valence-corrected chi connectivity index (χ3v) is 5.60. The number of unbranched alkanes of at least 4 members (excludes halogenated alkanes) is 4. The van der Waals surface area contributed by atoms with Gasteiger partial charge in [-0.3, -0.25) is 4.79 Å². The highest BCUT2D eigenvalue weighted by molar-refractivity contribution is 9.11. The summed E-state index contributed by atoms with van der Waals surface area (Å²) in [4.78, 5) is 15.2. The molecule has 1 rings (SSSR count). The maximum Gasteiger partial charge on any atom is 0.263 e. The predicted octanol–water partition coefficient (Wildman–Crippen LogP) is 4.61. The van der Waals surface area contributed by atoms with Crippen LogP contribution in [0.3, 0.4) is 0 Å². The Bertz CT molecular complexity index is 414. The molecule has 0 unspecified atom stereocenters. The van der Waals surface area contributed by atoms with Crippen molar-refractivity contribution in [1.82, 2.24) is 4.90 Å². The van der Waals surface area contributed by atoms with Gasteiger partial charge in [0.05, 0.1) is 8.66 Å². The third kappa shape index (κ3) is 6.49. The van der Waals surface area contributed by atoms with Crippen molar-refractivity contribution in [3.8, 4) is 0 Å². The van der Waals surface area contributed by atoms with Crippen LogP contribution in [0.4, 0.5) is 0 Å². The highest BCUT2D eigenvalue weighted by Crippen LogP contribution is 2.28. The summed E-state index contributed by atoms with van der Waals surface area (Å²) in [7, 11) is 0. The van der Waals surface area contributed by atoms with Gasteiger partial charge in [0.2, 0.25) is 0 Å². The summed E-state index contributed by atoms with van der Waals surface area (Å²) in [5, 5.41) is 9.01. The number of amides is 1. The minimum absolute atomic E-state index is 0.0951. The first kappa shape index (κ1) is 18.7. The molecule has 0 atom stereocenters. The maximum absolute atomic E-state index is 12.6. The molecular weight excluding hydrogens is 350 g/mol. The topological polar surface area (TPSA) is 40.5 Å². The van der Waals surface area contributed by atoms with Crippen molar-refractivity contribution in [2.75, 3.05) is 19.7 Å². The average Bonchev–Trinajstić information content (AvgIpc) is 2.81. The van der Waals surface area contributed by atoms with Gasteiger partial charge in [-0.05, 0) is 47.3 Å². The molecule has 0 spiro atoms. The molecule has 0 radical (unpaired) electrons. The second-order valence-electron chi connectivity index (χ2n) is 5.35. The summed E-state index contributed by atoms with van der Waals surface area (Å²) >= 11 is 4.97. The number of hydrogen-bond donors (Lipinski definition) is 1. The van der Waals surface area contributed by atoms with E-state index in [1.54, 1.807) is 0 Å². The summed E-state index contributed by atoms with van der Waals surface area (Å²) in [5.41, 5.74) is 1.11. The van der Waals surface area contributed by atoms with E-state index in [0.29, 0.717) is 13.0 Å². The van der Waals surface area contributed by atoms with Crippen molar-refractivity contribution in [1.29, 1.82) is 0 Å². The van der Waals surface area contributed by atoms with Gasteiger partial charge < -0.3 is 10.0 Å². The molecule has 5 heteroatoms. The van der Waals surface area contributed by atoms with Gasteiger partial charge >= 0.3 is 0 Å². The number of aliphatic hydroxyl groups excluding tert-OH is 1. The van der Waals surface area contributed by atoms with E-state index < -0.39 is 0 Å². The van der Waals surface area contributed by atoms with E-state index >= 15 is 0 Å². The van der Waals surface area contributed by atoms with Crippen LogP contribution in [0.5, 0.6) is 0 Å². The molecule has 0 aliphatic heterocycles. The molecule has 0 aliphatic rings. The summed E-state index contributed by atoms with van der Waals surface area (Å²) in [6.45, 7) is 5.76. The van der Waals surface area contributed by atoms with Crippen LogP contribution < -0.4 is 0 Å². The van der Waals surface area contributed by atoms with E-state index in [1.807, 2.05) is 17.9 Å². The number of aryl methyl sites for hydroxylation is 1. The molecule has 1 aromatic rings. The van der Waals surface area contributed by atoms with Crippen LogP contribution in [0.25, 0.3) is 0 Å². The summed E-state index contributed by atoms with van der Waals surface area (Å²) < 4.78 is 1.02. The van der Waals surface area contributed by atoms with Crippen molar-refractivity contribution < 1.29 is 9.90 Å². The lowest BCUT2D eigenvalue weighted by Crippen LogP contribution is -2.33. The maximum atomic E-state index is 12.6. The highest BCUT2D eigenvalue weighted by Gasteiger charge is 2.18. The van der Waals surface area contributed by atoms with Crippen molar-refractivity contribution in [2.24, 2.45) is 0 Å². The molecule has 1 N–H and O–H groups in total. The Morgan fingerprint density at radius 1 is 1.24 bits per heavy atom. The summed E-state index contributed by atoms with van der Waals surface area (Å²) in [6, 6.07) is 1.94. The van der Waals surface area contributed by atoms with Gasteiger partial charge in [0.25, 0.3) is 5.91 Å². The minimum atomic E-state index is 0.0951. The predicted molar refractivity (Wildman–Crippen MR) is 93.1 cm³/mol. The fourth-order valence-electron chi connectivity index (χ4n) is 2.20. The van der Waals surface area contributed by atoms with Crippen LogP contribution in [0.1, 0.15) is 60.7 Å². The molecular formula is C16H26BrNO2S. The highest BCUT2D eigenvalue weighted by atomic mass is 79.9. The van der Waals surface area contributed by atoms with Gasteiger partial charge in [-0.1, -0.05) is 32.6 Å². The van der Waals surface area contributed by atoms with E-state index in [9.17, 15) is 4.79 Å². The van der Waals surface area contributed by atoms with Crippen LogP contribution >= 0.6 is 27.3 Å². The fraction of sp³-hybridized carbons (Fsp3) is 0.688. The number of rotatable bonds is 10. The van der Waals surface area contributed by atoms with Gasteiger partial charge in [-0.25, -0.2) is 0 Å². The SMILES string of the molecule is CCCCCCCN(CCCO)C(=O)c1cc(C)c(Br)s1. The Morgan fingerprint density at radius 3 is 2.48 bits per heavy atom.